The average molecular weight is 475 g/mol. The van der Waals surface area contributed by atoms with Gasteiger partial charge in [-0.25, -0.2) is 17.7 Å². The van der Waals surface area contributed by atoms with Crippen LogP contribution in [0.1, 0.15) is 24.0 Å². The largest absolute Gasteiger partial charge is 0.386 e. The monoisotopic (exact) mass is 474 g/mol. The highest BCUT2D eigenvalue weighted by molar-refractivity contribution is 7.89. The molecule has 5 rings (SSSR count). The minimum absolute atomic E-state index is 0.174. The van der Waals surface area contributed by atoms with Crippen LogP contribution in [-0.2, 0) is 23.0 Å². The molecule has 0 spiro atoms. The van der Waals surface area contributed by atoms with Gasteiger partial charge in [0, 0.05) is 61.3 Å². The van der Waals surface area contributed by atoms with Crippen molar-refractivity contribution >= 4 is 26.6 Å². The molecule has 0 amide bonds. The summed E-state index contributed by atoms with van der Waals surface area (Å²) in [6.07, 6.45) is 12.3. The van der Waals surface area contributed by atoms with E-state index in [0.29, 0.717) is 25.4 Å². The molecule has 176 valence electrons. The van der Waals surface area contributed by atoms with E-state index in [0.717, 1.165) is 53.7 Å². The molecule has 2 aliphatic heterocycles. The summed E-state index contributed by atoms with van der Waals surface area (Å²) in [6.45, 7) is 2.83. The Morgan fingerprint density at radius 3 is 2.76 bits per heavy atom. The van der Waals surface area contributed by atoms with Crippen LogP contribution < -0.4 is 5.32 Å². The highest BCUT2D eigenvalue weighted by Crippen LogP contribution is 2.25. The molecule has 3 aromatic rings. The van der Waals surface area contributed by atoms with Crippen molar-refractivity contribution in [1.29, 1.82) is 0 Å². The number of nitrogens with one attached hydrogen (secondary N) is 1. The predicted octanol–water partition coefficient (Wildman–Crippen LogP) is 3.98. The molecule has 0 atom stereocenters. The van der Waals surface area contributed by atoms with Crippen LogP contribution in [0.2, 0.25) is 0 Å². The fourth-order valence-electron chi connectivity index (χ4n) is 4.70. The van der Waals surface area contributed by atoms with E-state index in [1.165, 1.54) is 0 Å². The standard InChI is InChI=1S/C27H30N4O2S/c32-34(33,17-12-22-6-2-1-3-7-22)31-15-9-23(10-16-31)21-30-14-11-24-18-26(20-29-27(24)30)25-8-4-5-13-28-19-25/h1-3,5-8,11,14,18-20,23,28H,9-10,12-13,15-17,21H2. The zero-order chi connectivity index (χ0) is 23.4. The normalized spacial score (nSPS) is 17.5. The Morgan fingerprint density at radius 2 is 1.94 bits per heavy atom. The average Bonchev–Trinajstić information content (AvgIpc) is 3.06. The molecule has 34 heavy (non-hydrogen) atoms. The van der Waals surface area contributed by atoms with Crippen LogP contribution in [-0.4, -0.2) is 47.7 Å². The molecule has 0 unspecified atom stereocenters. The number of sulfonamides is 1. The molecule has 1 fully saturated rings. The van der Waals surface area contributed by atoms with Gasteiger partial charge in [0.15, 0.2) is 0 Å². The van der Waals surface area contributed by atoms with Crippen LogP contribution in [0.25, 0.3) is 16.6 Å². The van der Waals surface area contributed by atoms with E-state index in [4.69, 9.17) is 4.98 Å². The summed E-state index contributed by atoms with van der Waals surface area (Å²) < 4.78 is 29.6. The molecule has 0 saturated carbocycles. The molecule has 6 nitrogen and oxygen atoms in total. The number of nitrogens with zero attached hydrogens (tertiary/aromatic N) is 3. The lowest BCUT2D eigenvalue weighted by Gasteiger charge is -2.31. The minimum Gasteiger partial charge on any atom is -0.386 e. The summed E-state index contributed by atoms with van der Waals surface area (Å²) in [5.41, 5.74) is 7.34. The van der Waals surface area contributed by atoms with Gasteiger partial charge in [-0.3, -0.25) is 0 Å². The van der Waals surface area contributed by atoms with Crippen LogP contribution in [0.3, 0.4) is 0 Å². The zero-order valence-corrected chi connectivity index (χ0v) is 20.0. The molecule has 0 aliphatic carbocycles. The Morgan fingerprint density at radius 1 is 1.12 bits per heavy atom. The van der Waals surface area contributed by atoms with Crippen molar-refractivity contribution < 1.29 is 8.42 Å². The van der Waals surface area contributed by atoms with Crippen LogP contribution in [0.15, 0.2) is 78.9 Å². The molecule has 0 radical (unpaired) electrons. The first kappa shape index (κ1) is 22.7. The number of rotatable bonds is 7. The van der Waals surface area contributed by atoms with Gasteiger partial charge in [0.2, 0.25) is 10.0 Å². The van der Waals surface area contributed by atoms with E-state index < -0.39 is 10.0 Å². The van der Waals surface area contributed by atoms with Gasteiger partial charge < -0.3 is 9.88 Å². The fraction of sp³-hybridized carbons (Fsp3) is 0.333. The molecular formula is C27H30N4O2S. The molecule has 7 heteroatoms. The first-order valence-corrected chi connectivity index (χ1v) is 13.5. The summed E-state index contributed by atoms with van der Waals surface area (Å²) in [5, 5.41) is 4.35. The van der Waals surface area contributed by atoms with Crippen molar-refractivity contribution in [2.75, 3.05) is 25.4 Å². The van der Waals surface area contributed by atoms with Crippen LogP contribution in [0, 0.1) is 5.92 Å². The van der Waals surface area contributed by atoms with Crippen molar-refractivity contribution in [2.45, 2.75) is 25.8 Å². The van der Waals surface area contributed by atoms with Crippen molar-refractivity contribution in [1.82, 2.24) is 19.2 Å². The Bertz CT molecular complexity index is 1340. The third-order valence-corrected chi connectivity index (χ3v) is 8.55. The summed E-state index contributed by atoms with van der Waals surface area (Å²) in [6, 6.07) is 14.1. The van der Waals surface area contributed by atoms with E-state index in [-0.39, 0.29) is 5.75 Å². The van der Waals surface area contributed by atoms with Gasteiger partial charge in [-0.15, -0.1) is 5.73 Å². The molecule has 1 N–H and O–H groups in total. The van der Waals surface area contributed by atoms with Gasteiger partial charge >= 0.3 is 0 Å². The van der Waals surface area contributed by atoms with E-state index in [2.05, 4.69) is 33.9 Å². The van der Waals surface area contributed by atoms with Gasteiger partial charge in [-0.05, 0) is 55.0 Å². The molecule has 2 aromatic heterocycles. The Balaban J connectivity index is 1.19. The number of fused-ring (bicyclic) bond motifs is 1. The summed E-state index contributed by atoms with van der Waals surface area (Å²) in [5.74, 6) is 0.618. The lowest BCUT2D eigenvalue weighted by atomic mass is 9.98. The lowest BCUT2D eigenvalue weighted by molar-refractivity contribution is 0.254. The molecular weight excluding hydrogens is 444 g/mol. The summed E-state index contributed by atoms with van der Waals surface area (Å²) in [7, 11) is -3.23. The molecule has 0 bridgehead atoms. The Hall–Kier alpha value is -3.12. The Labute approximate surface area is 201 Å². The van der Waals surface area contributed by atoms with E-state index >= 15 is 0 Å². The number of hydrogen-bond acceptors (Lipinski definition) is 4. The van der Waals surface area contributed by atoms with Gasteiger partial charge in [-0.1, -0.05) is 30.3 Å². The van der Waals surface area contributed by atoms with E-state index in [9.17, 15) is 8.42 Å². The highest BCUT2D eigenvalue weighted by atomic mass is 32.2. The van der Waals surface area contributed by atoms with Crippen molar-refractivity contribution in [3.8, 4) is 0 Å². The maximum absolute atomic E-state index is 12.8. The number of allylic oxidation sites excluding steroid dienone is 1. The third-order valence-electron chi connectivity index (χ3n) is 6.68. The fourth-order valence-corrected chi connectivity index (χ4v) is 6.21. The van der Waals surface area contributed by atoms with Gasteiger partial charge in [0.05, 0.1) is 5.75 Å². The van der Waals surface area contributed by atoms with Gasteiger partial charge in [0.1, 0.15) is 5.65 Å². The molecule has 1 aromatic carbocycles. The Kier molecular flexibility index (Phi) is 6.68. The molecule has 2 aliphatic rings. The minimum atomic E-state index is -3.23. The summed E-state index contributed by atoms with van der Waals surface area (Å²) in [4.78, 5) is 4.75. The van der Waals surface area contributed by atoms with Crippen LogP contribution in [0.4, 0.5) is 0 Å². The number of benzene rings is 1. The second-order valence-electron chi connectivity index (χ2n) is 9.02. The smallest absolute Gasteiger partial charge is 0.214 e. The van der Waals surface area contributed by atoms with E-state index in [1.807, 2.05) is 54.9 Å². The number of pyridine rings is 1. The summed E-state index contributed by atoms with van der Waals surface area (Å²) >= 11 is 0. The second kappa shape index (κ2) is 10.0. The lowest BCUT2D eigenvalue weighted by Crippen LogP contribution is -2.40. The van der Waals surface area contributed by atoms with Crippen LogP contribution >= 0.6 is 0 Å². The quantitative estimate of drug-likeness (QED) is 0.526. The zero-order valence-electron chi connectivity index (χ0n) is 19.2. The SMILES string of the molecule is O=S(=O)(CCc1ccccc1)N1CCC(Cn2ccc3cc(C4=CNCC=C=C4)cnc32)CC1. The number of hydrogen-bond donors (Lipinski definition) is 1. The highest BCUT2D eigenvalue weighted by Gasteiger charge is 2.28. The number of piperidine rings is 1. The van der Waals surface area contributed by atoms with Crippen molar-refractivity contribution in [3.05, 3.63) is 90.1 Å². The van der Waals surface area contributed by atoms with Gasteiger partial charge in [0.25, 0.3) is 0 Å². The second-order valence-corrected chi connectivity index (χ2v) is 11.1. The van der Waals surface area contributed by atoms with Crippen LogP contribution in [0.5, 0.6) is 0 Å². The maximum Gasteiger partial charge on any atom is 0.214 e. The molecule has 1 saturated heterocycles. The topological polar surface area (TPSA) is 67.2 Å². The van der Waals surface area contributed by atoms with Crippen molar-refractivity contribution in [2.24, 2.45) is 5.92 Å². The van der Waals surface area contributed by atoms with Crippen molar-refractivity contribution in [3.63, 3.8) is 0 Å². The maximum atomic E-state index is 12.8. The van der Waals surface area contributed by atoms with Gasteiger partial charge in [-0.2, -0.15) is 0 Å². The van der Waals surface area contributed by atoms with E-state index in [1.54, 1.807) is 4.31 Å². The number of aromatic nitrogens is 2. The number of aryl methyl sites for hydroxylation is 1. The molecule has 4 heterocycles. The first-order chi connectivity index (χ1) is 16.6. The predicted molar refractivity (Wildman–Crippen MR) is 137 cm³/mol. The third kappa shape index (κ3) is 5.17. The first-order valence-electron chi connectivity index (χ1n) is 11.9.